The molecule has 0 aliphatic carbocycles. The minimum absolute atomic E-state index is 0.0915. The molecule has 0 radical (unpaired) electrons. The quantitative estimate of drug-likeness (QED) is 0.613. The first-order valence-corrected chi connectivity index (χ1v) is 12.3. The van der Waals surface area contributed by atoms with Gasteiger partial charge in [-0.1, -0.05) is 6.07 Å². The molecule has 9 heteroatoms. The standard InChI is InChI=1S/C22H27N5O2S2/c1-14-15(2)31-21-19(14)20(28)24-18(25-21)13-30-16(3)22(29)27-9-7-26(8-10-27)12-17-5-4-6-23-11-17/h4-6,11,16H,7-10,12-13H2,1-3H3,(H,24,25,28). The molecule has 0 aromatic carbocycles. The molecule has 1 aliphatic heterocycles. The van der Waals surface area contributed by atoms with E-state index >= 15 is 0 Å². The summed E-state index contributed by atoms with van der Waals surface area (Å²) in [7, 11) is 0. The first kappa shape index (κ1) is 22.0. The van der Waals surface area contributed by atoms with E-state index in [0.717, 1.165) is 48.0 Å². The molecule has 3 aromatic heterocycles. The molecule has 3 aromatic rings. The Bertz CT molecular complexity index is 1120. The maximum absolute atomic E-state index is 12.9. The molecule has 1 fully saturated rings. The van der Waals surface area contributed by atoms with Crippen LogP contribution in [0.1, 0.15) is 28.8 Å². The van der Waals surface area contributed by atoms with Crippen molar-refractivity contribution in [3.05, 3.63) is 56.7 Å². The number of aryl methyl sites for hydroxylation is 2. The zero-order valence-electron chi connectivity index (χ0n) is 18.1. The van der Waals surface area contributed by atoms with Gasteiger partial charge in [0.25, 0.3) is 5.56 Å². The average Bonchev–Trinajstić information content (AvgIpc) is 3.06. The molecular weight excluding hydrogens is 430 g/mol. The van der Waals surface area contributed by atoms with E-state index in [1.807, 2.05) is 37.9 Å². The normalized spacial score (nSPS) is 16.0. The van der Waals surface area contributed by atoms with Crippen molar-refractivity contribution in [2.24, 2.45) is 0 Å². The number of H-pyrrole nitrogens is 1. The van der Waals surface area contributed by atoms with Crippen LogP contribution < -0.4 is 5.56 Å². The second-order valence-corrected chi connectivity index (χ2v) is 10.4. The van der Waals surface area contributed by atoms with Crippen molar-refractivity contribution < 1.29 is 4.79 Å². The molecule has 1 atom stereocenters. The number of nitrogens with zero attached hydrogens (tertiary/aromatic N) is 4. The highest BCUT2D eigenvalue weighted by Crippen LogP contribution is 2.26. The fraction of sp³-hybridized carbons (Fsp3) is 0.455. The third-order valence-electron chi connectivity index (χ3n) is 5.72. The summed E-state index contributed by atoms with van der Waals surface area (Å²) in [5.41, 5.74) is 2.10. The Morgan fingerprint density at radius 1 is 1.29 bits per heavy atom. The summed E-state index contributed by atoms with van der Waals surface area (Å²) >= 11 is 3.07. The number of fused-ring (bicyclic) bond motifs is 1. The minimum Gasteiger partial charge on any atom is -0.339 e. The number of carbonyl (C=O) groups excluding carboxylic acids is 1. The number of thiophene rings is 1. The number of nitrogens with one attached hydrogen (secondary N) is 1. The maximum atomic E-state index is 12.9. The van der Waals surface area contributed by atoms with Crippen molar-refractivity contribution in [1.29, 1.82) is 0 Å². The lowest BCUT2D eigenvalue weighted by Gasteiger charge is -2.35. The monoisotopic (exact) mass is 457 g/mol. The first-order chi connectivity index (χ1) is 14.9. The van der Waals surface area contributed by atoms with Crippen molar-refractivity contribution >= 4 is 39.2 Å². The lowest BCUT2D eigenvalue weighted by Crippen LogP contribution is -2.50. The van der Waals surface area contributed by atoms with Gasteiger partial charge in [-0.05, 0) is 38.0 Å². The number of hydrogen-bond acceptors (Lipinski definition) is 7. The topological polar surface area (TPSA) is 82.2 Å². The van der Waals surface area contributed by atoms with Crippen LogP contribution in [0.3, 0.4) is 0 Å². The number of aromatic nitrogens is 3. The lowest BCUT2D eigenvalue weighted by molar-refractivity contribution is -0.132. The molecule has 1 aliphatic rings. The van der Waals surface area contributed by atoms with Crippen LogP contribution in [0.4, 0.5) is 0 Å². The van der Waals surface area contributed by atoms with Crippen molar-refractivity contribution in [2.45, 2.75) is 38.3 Å². The minimum atomic E-state index is -0.183. The Hall–Kier alpha value is -2.23. The van der Waals surface area contributed by atoms with Gasteiger partial charge in [-0.2, -0.15) is 0 Å². The molecule has 1 saturated heterocycles. The average molecular weight is 458 g/mol. The Morgan fingerprint density at radius 2 is 2.06 bits per heavy atom. The summed E-state index contributed by atoms with van der Waals surface area (Å²) in [6.07, 6.45) is 3.68. The molecule has 0 spiro atoms. The van der Waals surface area contributed by atoms with Crippen LogP contribution in [0.15, 0.2) is 29.3 Å². The summed E-state index contributed by atoms with van der Waals surface area (Å²) in [6, 6.07) is 4.03. The summed E-state index contributed by atoms with van der Waals surface area (Å²) in [5, 5.41) is 0.502. The maximum Gasteiger partial charge on any atom is 0.259 e. The van der Waals surface area contributed by atoms with E-state index in [0.29, 0.717) is 17.0 Å². The second-order valence-electron chi connectivity index (χ2n) is 7.89. The highest BCUT2D eigenvalue weighted by atomic mass is 32.2. The van der Waals surface area contributed by atoms with Crippen molar-refractivity contribution in [3.8, 4) is 0 Å². The van der Waals surface area contributed by atoms with Gasteiger partial charge >= 0.3 is 0 Å². The summed E-state index contributed by atoms with van der Waals surface area (Å²) < 4.78 is 0. The van der Waals surface area contributed by atoms with Crippen LogP contribution >= 0.6 is 23.1 Å². The zero-order chi connectivity index (χ0) is 22.0. The smallest absolute Gasteiger partial charge is 0.259 e. The van der Waals surface area contributed by atoms with Gasteiger partial charge in [-0.25, -0.2) is 4.98 Å². The summed E-state index contributed by atoms with van der Waals surface area (Å²) in [5.74, 6) is 1.29. The van der Waals surface area contributed by atoms with Gasteiger partial charge in [0.15, 0.2) is 0 Å². The number of hydrogen-bond donors (Lipinski definition) is 1. The number of amides is 1. The summed E-state index contributed by atoms with van der Waals surface area (Å²) in [4.78, 5) is 43.2. The molecule has 1 unspecified atom stereocenters. The van der Waals surface area contributed by atoms with Crippen LogP contribution in [0.5, 0.6) is 0 Å². The van der Waals surface area contributed by atoms with E-state index in [1.165, 1.54) is 17.3 Å². The van der Waals surface area contributed by atoms with Gasteiger partial charge < -0.3 is 9.88 Å². The van der Waals surface area contributed by atoms with Crippen molar-refractivity contribution in [3.63, 3.8) is 0 Å². The molecule has 0 bridgehead atoms. The van der Waals surface area contributed by atoms with Gasteiger partial charge in [0.1, 0.15) is 10.7 Å². The highest BCUT2D eigenvalue weighted by Gasteiger charge is 2.25. The van der Waals surface area contributed by atoms with Crippen LogP contribution in [0.25, 0.3) is 10.2 Å². The molecule has 4 heterocycles. The predicted octanol–water partition coefficient (Wildman–Crippen LogP) is 2.96. The van der Waals surface area contributed by atoms with E-state index in [9.17, 15) is 9.59 Å². The molecule has 4 rings (SSSR count). The first-order valence-electron chi connectivity index (χ1n) is 10.4. The molecule has 1 amide bonds. The van der Waals surface area contributed by atoms with Crippen LogP contribution in [0.2, 0.25) is 0 Å². The van der Waals surface area contributed by atoms with Gasteiger partial charge in [0, 0.05) is 50.0 Å². The number of carbonyl (C=O) groups is 1. The second kappa shape index (κ2) is 9.50. The molecule has 0 saturated carbocycles. The molecular formula is C22H27N5O2S2. The van der Waals surface area contributed by atoms with Gasteiger partial charge in [-0.3, -0.25) is 19.5 Å². The van der Waals surface area contributed by atoms with Crippen molar-refractivity contribution in [1.82, 2.24) is 24.8 Å². The number of pyridine rings is 1. The number of thioether (sulfide) groups is 1. The van der Waals surface area contributed by atoms with Crippen LogP contribution in [-0.2, 0) is 17.1 Å². The third-order valence-corrected chi connectivity index (χ3v) is 7.96. The van der Waals surface area contributed by atoms with Gasteiger partial charge in [-0.15, -0.1) is 23.1 Å². The van der Waals surface area contributed by atoms with Crippen LogP contribution in [-0.4, -0.2) is 62.1 Å². The third kappa shape index (κ3) is 4.99. The fourth-order valence-electron chi connectivity index (χ4n) is 3.78. The summed E-state index contributed by atoms with van der Waals surface area (Å²) in [6.45, 7) is 9.96. The number of piperazine rings is 1. The largest absolute Gasteiger partial charge is 0.339 e. The zero-order valence-corrected chi connectivity index (χ0v) is 19.7. The molecule has 164 valence electrons. The Balaban J connectivity index is 1.30. The molecule has 1 N–H and O–H groups in total. The lowest BCUT2D eigenvalue weighted by atomic mass is 10.2. The molecule has 7 nitrogen and oxygen atoms in total. The van der Waals surface area contributed by atoms with E-state index in [4.69, 9.17) is 0 Å². The Labute approximate surface area is 189 Å². The van der Waals surface area contributed by atoms with Crippen molar-refractivity contribution in [2.75, 3.05) is 26.2 Å². The predicted molar refractivity (Wildman–Crippen MR) is 127 cm³/mol. The SMILES string of the molecule is Cc1sc2nc(CSC(C)C(=O)N3CCN(Cc4cccnc4)CC3)[nH]c(=O)c2c1C. The highest BCUT2D eigenvalue weighted by molar-refractivity contribution is 7.99. The van der Waals surface area contributed by atoms with E-state index < -0.39 is 0 Å². The van der Waals surface area contributed by atoms with Crippen LogP contribution in [0, 0.1) is 13.8 Å². The van der Waals surface area contributed by atoms with E-state index in [1.54, 1.807) is 17.5 Å². The fourth-order valence-corrected chi connectivity index (χ4v) is 5.66. The Kier molecular flexibility index (Phi) is 6.74. The van der Waals surface area contributed by atoms with Gasteiger partial charge in [0.2, 0.25) is 5.91 Å². The molecule has 31 heavy (non-hydrogen) atoms. The van der Waals surface area contributed by atoms with E-state index in [-0.39, 0.29) is 16.7 Å². The Morgan fingerprint density at radius 3 is 2.77 bits per heavy atom. The van der Waals surface area contributed by atoms with E-state index in [2.05, 4.69) is 25.9 Å². The van der Waals surface area contributed by atoms with Gasteiger partial charge in [0.05, 0.1) is 16.4 Å². The number of aromatic amines is 1. The number of rotatable bonds is 6.